The molecule has 0 radical (unpaired) electrons. The largest absolute Gasteiger partial charge is 0.476 e. The summed E-state index contributed by atoms with van der Waals surface area (Å²) < 4.78 is 5.84. The number of rotatable bonds is 5. The third-order valence-corrected chi connectivity index (χ3v) is 4.95. The van der Waals surface area contributed by atoms with E-state index in [4.69, 9.17) is 4.74 Å². The summed E-state index contributed by atoms with van der Waals surface area (Å²) in [7, 11) is 0. The first-order valence-electron chi connectivity index (χ1n) is 9.39. The van der Waals surface area contributed by atoms with Gasteiger partial charge in [0.1, 0.15) is 5.75 Å². The SMILES string of the molecule is CC1(C)Oc2ccc(C(=O)NC3CC3)cc2N(CC(=O)c2ccccc2)C1=O. The molecule has 1 aliphatic heterocycles. The van der Waals surface area contributed by atoms with E-state index in [0.717, 1.165) is 12.8 Å². The van der Waals surface area contributed by atoms with Gasteiger partial charge in [-0.2, -0.15) is 0 Å². The molecule has 0 aromatic heterocycles. The fourth-order valence-corrected chi connectivity index (χ4v) is 3.22. The van der Waals surface area contributed by atoms with E-state index >= 15 is 0 Å². The molecule has 2 aromatic rings. The smallest absolute Gasteiger partial charge is 0.271 e. The molecule has 6 nitrogen and oxygen atoms in total. The molecule has 1 aliphatic carbocycles. The average Bonchev–Trinajstić information content (AvgIpc) is 3.49. The Hall–Kier alpha value is -3.15. The maximum atomic E-state index is 13.0. The summed E-state index contributed by atoms with van der Waals surface area (Å²) in [5.41, 5.74) is 0.321. The van der Waals surface area contributed by atoms with Gasteiger partial charge in [0.05, 0.1) is 12.2 Å². The lowest BCUT2D eigenvalue weighted by Gasteiger charge is -2.38. The highest BCUT2D eigenvalue weighted by Crippen LogP contribution is 2.38. The number of hydrogen-bond acceptors (Lipinski definition) is 4. The van der Waals surface area contributed by atoms with Crippen molar-refractivity contribution in [2.24, 2.45) is 0 Å². The summed E-state index contributed by atoms with van der Waals surface area (Å²) in [6.07, 6.45) is 1.98. The van der Waals surface area contributed by atoms with E-state index in [9.17, 15) is 14.4 Å². The summed E-state index contributed by atoms with van der Waals surface area (Å²) in [6.45, 7) is 3.23. The number of ketones is 1. The third kappa shape index (κ3) is 3.50. The fraction of sp³-hybridized carbons (Fsp3) is 0.318. The fourth-order valence-electron chi connectivity index (χ4n) is 3.22. The van der Waals surface area contributed by atoms with Crippen molar-refractivity contribution in [2.45, 2.75) is 38.3 Å². The maximum absolute atomic E-state index is 13.0. The van der Waals surface area contributed by atoms with Gasteiger partial charge in [0, 0.05) is 17.2 Å². The van der Waals surface area contributed by atoms with Gasteiger partial charge < -0.3 is 10.1 Å². The van der Waals surface area contributed by atoms with Gasteiger partial charge >= 0.3 is 0 Å². The molecule has 0 saturated heterocycles. The van der Waals surface area contributed by atoms with E-state index in [0.29, 0.717) is 22.6 Å². The molecule has 6 heteroatoms. The van der Waals surface area contributed by atoms with Gasteiger partial charge in [-0.1, -0.05) is 30.3 Å². The average molecular weight is 378 g/mol. The van der Waals surface area contributed by atoms with Crippen molar-refractivity contribution in [2.75, 3.05) is 11.4 Å². The Kier molecular flexibility index (Phi) is 4.41. The van der Waals surface area contributed by atoms with Crippen LogP contribution < -0.4 is 15.0 Å². The number of benzene rings is 2. The predicted octanol–water partition coefficient (Wildman–Crippen LogP) is 2.97. The van der Waals surface area contributed by atoms with Crippen LogP contribution in [-0.2, 0) is 4.79 Å². The number of carbonyl (C=O) groups is 3. The van der Waals surface area contributed by atoms with E-state index < -0.39 is 5.60 Å². The molecular weight excluding hydrogens is 356 g/mol. The Labute approximate surface area is 163 Å². The zero-order chi connectivity index (χ0) is 19.9. The Morgan fingerprint density at radius 3 is 2.50 bits per heavy atom. The number of fused-ring (bicyclic) bond motifs is 1. The molecule has 1 saturated carbocycles. The topological polar surface area (TPSA) is 75.7 Å². The Bertz CT molecular complexity index is 948. The molecule has 144 valence electrons. The van der Waals surface area contributed by atoms with Crippen LogP contribution in [-0.4, -0.2) is 35.8 Å². The van der Waals surface area contributed by atoms with E-state index in [2.05, 4.69) is 5.32 Å². The highest BCUT2D eigenvalue weighted by Gasteiger charge is 2.42. The van der Waals surface area contributed by atoms with Gasteiger partial charge in [-0.15, -0.1) is 0 Å². The molecule has 2 amide bonds. The number of amides is 2. The van der Waals surface area contributed by atoms with Crippen LogP contribution in [0.25, 0.3) is 0 Å². The first-order chi connectivity index (χ1) is 13.3. The van der Waals surface area contributed by atoms with Gasteiger partial charge in [0.2, 0.25) is 0 Å². The first-order valence-corrected chi connectivity index (χ1v) is 9.39. The molecule has 0 atom stereocenters. The van der Waals surface area contributed by atoms with Gasteiger partial charge in [0.25, 0.3) is 11.8 Å². The van der Waals surface area contributed by atoms with Crippen LogP contribution in [0, 0.1) is 0 Å². The number of carbonyl (C=O) groups excluding carboxylic acids is 3. The van der Waals surface area contributed by atoms with Crippen LogP contribution in [0.2, 0.25) is 0 Å². The third-order valence-electron chi connectivity index (χ3n) is 4.95. The van der Waals surface area contributed by atoms with E-state index in [1.165, 1.54) is 4.90 Å². The minimum absolute atomic E-state index is 0.115. The Morgan fingerprint density at radius 2 is 1.82 bits per heavy atom. The molecule has 1 heterocycles. The summed E-state index contributed by atoms with van der Waals surface area (Å²) in [6, 6.07) is 14.1. The van der Waals surface area contributed by atoms with Crippen molar-refractivity contribution in [3.05, 3.63) is 59.7 Å². The van der Waals surface area contributed by atoms with Crippen molar-refractivity contribution in [3.8, 4) is 5.75 Å². The second kappa shape index (κ2) is 6.78. The quantitative estimate of drug-likeness (QED) is 0.812. The summed E-state index contributed by atoms with van der Waals surface area (Å²) in [5.74, 6) is -0.195. The molecule has 1 fully saturated rings. The van der Waals surface area contributed by atoms with Gasteiger partial charge in [-0.25, -0.2) is 0 Å². The van der Waals surface area contributed by atoms with E-state index in [1.54, 1.807) is 56.3 Å². The number of nitrogens with zero attached hydrogens (tertiary/aromatic N) is 1. The Balaban J connectivity index is 1.67. The molecular formula is C22H22N2O4. The van der Waals surface area contributed by atoms with Crippen molar-refractivity contribution in [1.29, 1.82) is 0 Å². The lowest BCUT2D eigenvalue weighted by Crippen LogP contribution is -2.54. The van der Waals surface area contributed by atoms with Crippen molar-refractivity contribution >= 4 is 23.3 Å². The molecule has 2 aliphatic rings. The maximum Gasteiger partial charge on any atom is 0.271 e. The molecule has 0 bridgehead atoms. The molecule has 0 spiro atoms. The summed E-state index contributed by atoms with van der Waals surface area (Å²) in [5, 5.41) is 2.94. The second-order valence-electron chi connectivity index (χ2n) is 7.72. The van der Waals surface area contributed by atoms with Gasteiger partial charge in [0.15, 0.2) is 11.4 Å². The van der Waals surface area contributed by atoms with Gasteiger partial charge in [-0.3, -0.25) is 19.3 Å². The number of anilines is 1. The number of nitrogens with one attached hydrogen (secondary N) is 1. The highest BCUT2D eigenvalue weighted by molar-refractivity contribution is 6.10. The predicted molar refractivity (Wildman–Crippen MR) is 105 cm³/mol. The van der Waals surface area contributed by atoms with Crippen LogP contribution in [0.4, 0.5) is 5.69 Å². The molecule has 1 N–H and O–H groups in total. The van der Waals surface area contributed by atoms with Crippen LogP contribution in [0.5, 0.6) is 5.75 Å². The minimum atomic E-state index is -1.10. The normalized spacial score (nSPS) is 17.5. The number of ether oxygens (including phenoxy) is 1. The van der Waals surface area contributed by atoms with E-state index in [-0.39, 0.29) is 30.2 Å². The first kappa shape index (κ1) is 18.2. The second-order valence-corrected chi connectivity index (χ2v) is 7.72. The lowest BCUT2D eigenvalue weighted by atomic mass is 10.0. The van der Waals surface area contributed by atoms with Crippen LogP contribution in [0.15, 0.2) is 48.5 Å². The van der Waals surface area contributed by atoms with Gasteiger partial charge in [-0.05, 0) is 44.9 Å². The monoisotopic (exact) mass is 378 g/mol. The summed E-state index contributed by atoms with van der Waals surface area (Å²) in [4.78, 5) is 39.6. The van der Waals surface area contributed by atoms with E-state index in [1.807, 2.05) is 6.07 Å². The van der Waals surface area contributed by atoms with Crippen molar-refractivity contribution < 1.29 is 19.1 Å². The minimum Gasteiger partial charge on any atom is -0.476 e. The molecule has 2 aromatic carbocycles. The van der Waals surface area contributed by atoms with Crippen molar-refractivity contribution in [1.82, 2.24) is 5.32 Å². The van der Waals surface area contributed by atoms with Crippen molar-refractivity contribution in [3.63, 3.8) is 0 Å². The highest BCUT2D eigenvalue weighted by atomic mass is 16.5. The zero-order valence-corrected chi connectivity index (χ0v) is 15.9. The molecule has 28 heavy (non-hydrogen) atoms. The molecule has 0 unspecified atom stereocenters. The van der Waals surface area contributed by atoms with Crippen LogP contribution in [0.3, 0.4) is 0 Å². The van der Waals surface area contributed by atoms with Crippen LogP contribution in [0.1, 0.15) is 47.4 Å². The Morgan fingerprint density at radius 1 is 1.11 bits per heavy atom. The number of Topliss-reactive ketones (excluding diaryl/α,β-unsaturated/α-hetero) is 1. The summed E-state index contributed by atoms with van der Waals surface area (Å²) >= 11 is 0. The standard InChI is InChI=1S/C22H22N2O4/c1-22(2)21(27)24(13-18(25)14-6-4-3-5-7-14)17-12-15(8-11-19(17)28-22)20(26)23-16-9-10-16/h3-8,11-12,16H,9-10,13H2,1-2H3,(H,23,26). The molecule has 4 rings (SSSR count). The number of hydrogen-bond donors (Lipinski definition) is 1. The van der Waals surface area contributed by atoms with Crippen LogP contribution >= 0.6 is 0 Å². The zero-order valence-electron chi connectivity index (χ0n) is 15.9. The lowest BCUT2D eigenvalue weighted by molar-refractivity contribution is -0.132.